The second kappa shape index (κ2) is 4.52. The fourth-order valence-electron chi connectivity index (χ4n) is 2.30. The minimum Gasteiger partial charge on any atom is -0.462 e. The van der Waals surface area contributed by atoms with E-state index in [4.69, 9.17) is 4.74 Å². The summed E-state index contributed by atoms with van der Waals surface area (Å²) in [7, 11) is -3.14. The lowest BCUT2D eigenvalue weighted by Crippen LogP contribution is -2.40. The minimum atomic E-state index is -3.14. The zero-order valence-electron chi connectivity index (χ0n) is 10.8. The lowest BCUT2D eigenvalue weighted by molar-refractivity contribution is 0.0524. The molecule has 0 amide bonds. The van der Waals surface area contributed by atoms with E-state index in [1.807, 2.05) is 0 Å². The third-order valence-corrected chi connectivity index (χ3v) is 5.18. The van der Waals surface area contributed by atoms with Gasteiger partial charge in [0.2, 0.25) is 0 Å². The molecule has 0 aliphatic carbocycles. The molecule has 106 valence electrons. The van der Waals surface area contributed by atoms with E-state index in [0.717, 1.165) is 0 Å². The summed E-state index contributed by atoms with van der Waals surface area (Å²) in [5.41, 5.74) is -1.48. The molecular formula is C11H16N2O5S. The molecule has 1 aliphatic rings. The Bertz CT molecular complexity index is 657. The van der Waals surface area contributed by atoms with E-state index in [0.29, 0.717) is 6.42 Å². The van der Waals surface area contributed by atoms with Gasteiger partial charge in [0.1, 0.15) is 5.56 Å². The third-order valence-electron chi connectivity index (χ3n) is 3.29. The quantitative estimate of drug-likeness (QED) is 0.782. The van der Waals surface area contributed by atoms with Crippen molar-refractivity contribution in [3.8, 4) is 0 Å². The van der Waals surface area contributed by atoms with Gasteiger partial charge in [-0.2, -0.15) is 0 Å². The number of aromatic amines is 1. The number of aromatic nitrogens is 2. The summed E-state index contributed by atoms with van der Waals surface area (Å²) in [6, 6.07) is 0. The van der Waals surface area contributed by atoms with Crippen molar-refractivity contribution in [2.24, 2.45) is 0 Å². The molecule has 0 saturated carbocycles. The monoisotopic (exact) mass is 288 g/mol. The van der Waals surface area contributed by atoms with Gasteiger partial charge in [0.25, 0.3) is 5.56 Å². The highest BCUT2D eigenvalue weighted by atomic mass is 32.2. The van der Waals surface area contributed by atoms with Crippen LogP contribution in [-0.4, -0.2) is 42.3 Å². The van der Waals surface area contributed by atoms with Gasteiger partial charge in [0.05, 0.1) is 23.7 Å². The lowest BCUT2D eigenvalue weighted by atomic mass is 10.0. The first-order valence-corrected chi connectivity index (χ1v) is 7.80. The van der Waals surface area contributed by atoms with E-state index in [1.165, 1.54) is 10.9 Å². The standard InChI is InChI=1S/C11H16N2O5S/c1-3-18-10(15)8-6-12-13(9(8)14)11(2)4-5-19(16,17)7-11/h6,12H,3-5,7H2,1-2H3. The van der Waals surface area contributed by atoms with Crippen LogP contribution in [0.3, 0.4) is 0 Å². The Labute approximate surface area is 110 Å². The van der Waals surface area contributed by atoms with Crippen LogP contribution in [0.25, 0.3) is 0 Å². The summed E-state index contributed by atoms with van der Waals surface area (Å²) in [4.78, 5) is 23.7. The van der Waals surface area contributed by atoms with E-state index in [2.05, 4.69) is 5.10 Å². The zero-order valence-corrected chi connectivity index (χ0v) is 11.6. The number of nitrogens with zero attached hydrogens (tertiary/aromatic N) is 1. The van der Waals surface area contributed by atoms with E-state index < -0.39 is 26.9 Å². The van der Waals surface area contributed by atoms with E-state index in [1.54, 1.807) is 13.8 Å². The smallest absolute Gasteiger partial charge is 0.345 e. The van der Waals surface area contributed by atoms with Gasteiger partial charge in [-0.05, 0) is 20.3 Å². The molecule has 1 unspecified atom stereocenters. The number of rotatable bonds is 3. The number of esters is 1. The van der Waals surface area contributed by atoms with Crippen molar-refractivity contribution >= 4 is 15.8 Å². The molecule has 8 heteroatoms. The Hall–Kier alpha value is -1.57. The van der Waals surface area contributed by atoms with Gasteiger partial charge in [-0.1, -0.05) is 0 Å². The van der Waals surface area contributed by atoms with Crippen LogP contribution in [0.1, 0.15) is 30.6 Å². The Morgan fingerprint density at radius 2 is 2.26 bits per heavy atom. The average Bonchev–Trinajstić information content (AvgIpc) is 2.81. The van der Waals surface area contributed by atoms with Gasteiger partial charge < -0.3 is 9.84 Å². The van der Waals surface area contributed by atoms with Gasteiger partial charge in [-0.3, -0.25) is 4.79 Å². The van der Waals surface area contributed by atoms with Crippen molar-refractivity contribution in [2.45, 2.75) is 25.8 Å². The molecule has 1 aromatic rings. The van der Waals surface area contributed by atoms with Crippen LogP contribution in [0.4, 0.5) is 0 Å². The van der Waals surface area contributed by atoms with Gasteiger partial charge in [0, 0.05) is 6.20 Å². The highest BCUT2D eigenvalue weighted by Gasteiger charge is 2.41. The SMILES string of the molecule is CCOC(=O)c1c[nH]n(C2(C)CCS(=O)(=O)C2)c1=O. The second-order valence-corrected chi connectivity index (χ2v) is 7.07. The first kappa shape index (κ1) is 13.9. The minimum absolute atomic E-state index is 0.0453. The van der Waals surface area contributed by atoms with Crippen LogP contribution in [0.5, 0.6) is 0 Å². The topological polar surface area (TPSA) is 98.2 Å². The number of nitrogens with one attached hydrogen (secondary N) is 1. The molecule has 1 N–H and O–H groups in total. The normalized spacial score (nSPS) is 25.4. The van der Waals surface area contributed by atoms with Crippen LogP contribution in [-0.2, 0) is 20.1 Å². The number of ether oxygens (including phenoxy) is 1. The molecule has 0 bridgehead atoms. The van der Waals surface area contributed by atoms with Crippen molar-refractivity contribution < 1.29 is 17.9 Å². The molecule has 0 radical (unpaired) electrons. The van der Waals surface area contributed by atoms with Crippen molar-refractivity contribution in [1.29, 1.82) is 0 Å². The van der Waals surface area contributed by atoms with Crippen molar-refractivity contribution in [3.05, 3.63) is 22.1 Å². The Morgan fingerprint density at radius 3 is 2.79 bits per heavy atom. The molecule has 2 rings (SSSR count). The zero-order chi connectivity index (χ0) is 14.3. The summed E-state index contributed by atoms with van der Waals surface area (Å²) in [6.07, 6.45) is 1.61. The molecule has 7 nitrogen and oxygen atoms in total. The molecule has 1 atom stereocenters. The summed E-state index contributed by atoms with van der Waals surface area (Å²) in [5.74, 6) is -0.765. The molecule has 2 heterocycles. The molecule has 1 aliphatic heterocycles. The second-order valence-electron chi connectivity index (χ2n) is 4.89. The number of sulfone groups is 1. The van der Waals surface area contributed by atoms with E-state index in [-0.39, 0.29) is 23.7 Å². The maximum absolute atomic E-state index is 12.1. The molecular weight excluding hydrogens is 272 g/mol. The summed E-state index contributed by atoms with van der Waals surface area (Å²) < 4.78 is 29.1. The maximum Gasteiger partial charge on any atom is 0.345 e. The predicted octanol–water partition coefficient (Wildman–Crippen LogP) is -0.113. The van der Waals surface area contributed by atoms with Crippen LogP contribution in [0.2, 0.25) is 0 Å². The van der Waals surface area contributed by atoms with Gasteiger partial charge in [0.15, 0.2) is 9.84 Å². The van der Waals surface area contributed by atoms with Crippen LogP contribution < -0.4 is 5.56 Å². The van der Waals surface area contributed by atoms with Gasteiger partial charge in [-0.15, -0.1) is 0 Å². The molecule has 0 spiro atoms. The van der Waals surface area contributed by atoms with Gasteiger partial charge in [-0.25, -0.2) is 17.9 Å². The van der Waals surface area contributed by atoms with Crippen LogP contribution in [0.15, 0.2) is 11.0 Å². The molecule has 1 aromatic heterocycles. The number of carbonyl (C=O) groups is 1. The number of carbonyl (C=O) groups excluding carboxylic acids is 1. The fourth-order valence-corrected chi connectivity index (χ4v) is 4.41. The lowest BCUT2D eigenvalue weighted by Gasteiger charge is -2.22. The predicted molar refractivity (Wildman–Crippen MR) is 67.9 cm³/mol. The van der Waals surface area contributed by atoms with Gasteiger partial charge >= 0.3 is 5.97 Å². The highest BCUT2D eigenvalue weighted by molar-refractivity contribution is 7.91. The largest absolute Gasteiger partial charge is 0.462 e. The van der Waals surface area contributed by atoms with Crippen molar-refractivity contribution in [3.63, 3.8) is 0 Å². The van der Waals surface area contributed by atoms with Crippen LogP contribution >= 0.6 is 0 Å². The summed E-state index contributed by atoms with van der Waals surface area (Å²) >= 11 is 0. The fraction of sp³-hybridized carbons (Fsp3) is 0.636. The van der Waals surface area contributed by atoms with E-state index in [9.17, 15) is 18.0 Å². The average molecular weight is 288 g/mol. The molecule has 19 heavy (non-hydrogen) atoms. The van der Waals surface area contributed by atoms with Crippen molar-refractivity contribution in [1.82, 2.24) is 9.78 Å². The first-order valence-electron chi connectivity index (χ1n) is 5.97. The Balaban J connectivity index is 2.38. The number of hydrogen-bond acceptors (Lipinski definition) is 5. The Kier molecular flexibility index (Phi) is 3.29. The third kappa shape index (κ3) is 2.44. The summed E-state index contributed by atoms with van der Waals surface area (Å²) in [6.45, 7) is 3.51. The molecule has 0 aromatic carbocycles. The first-order chi connectivity index (χ1) is 8.79. The van der Waals surface area contributed by atoms with Crippen molar-refractivity contribution in [2.75, 3.05) is 18.1 Å². The molecule has 1 fully saturated rings. The van der Waals surface area contributed by atoms with E-state index >= 15 is 0 Å². The summed E-state index contributed by atoms with van der Waals surface area (Å²) in [5, 5.41) is 2.67. The number of hydrogen-bond donors (Lipinski definition) is 1. The Morgan fingerprint density at radius 1 is 1.58 bits per heavy atom. The van der Waals surface area contributed by atoms with Crippen LogP contribution in [0, 0.1) is 0 Å². The highest BCUT2D eigenvalue weighted by Crippen LogP contribution is 2.28. The maximum atomic E-state index is 12.1. The number of H-pyrrole nitrogens is 1. The molecule has 1 saturated heterocycles.